The second kappa shape index (κ2) is 10.2. The van der Waals surface area contributed by atoms with Crippen molar-refractivity contribution in [3.63, 3.8) is 0 Å². The third-order valence-electron chi connectivity index (χ3n) is 4.70. The Kier molecular flexibility index (Phi) is 7.41. The maximum atomic E-state index is 13.0. The standard InChI is InChI=1S/C23H25ClN2O5/c1-4-11-30-22-16(24)12-15(13-19(22)29-3)9-10-21(27)26-14-20(23(28)25-2)31-18-8-6-5-7-17(18)26/h5-10,12-13,20H,4,11,14H2,1-3H3,(H,25,28)/b10-9+. The van der Waals surface area contributed by atoms with E-state index in [9.17, 15) is 9.59 Å². The SMILES string of the molecule is CCCOc1c(Cl)cc(/C=C/C(=O)N2CC(C(=O)NC)Oc3ccccc32)cc1OC. The van der Waals surface area contributed by atoms with E-state index in [2.05, 4.69) is 5.32 Å². The Hall–Kier alpha value is -3.19. The molecular weight excluding hydrogens is 420 g/mol. The summed E-state index contributed by atoms with van der Waals surface area (Å²) >= 11 is 6.35. The first-order chi connectivity index (χ1) is 15.0. The monoisotopic (exact) mass is 444 g/mol. The van der Waals surface area contributed by atoms with Crippen molar-refractivity contribution in [3.8, 4) is 17.2 Å². The van der Waals surface area contributed by atoms with Crippen LogP contribution in [0.5, 0.6) is 17.2 Å². The molecular formula is C23H25ClN2O5. The van der Waals surface area contributed by atoms with Crippen molar-refractivity contribution in [1.82, 2.24) is 5.32 Å². The molecule has 1 heterocycles. The number of carbonyl (C=O) groups is 2. The number of carbonyl (C=O) groups excluding carboxylic acids is 2. The van der Waals surface area contributed by atoms with Crippen LogP contribution in [0.1, 0.15) is 18.9 Å². The summed E-state index contributed by atoms with van der Waals surface area (Å²) in [5.74, 6) is 0.863. The number of fused-ring (bicyclic) bond motifs is 1. The quantitative estimate of drug-likeness (QED) is 0.659. The average molecular weight is 445 g/mol. The summed E-state index contributed by atoms with van der Waals surface area (Å²) in [4.78, 5) is 26.6. The first-order valence-corrected chi connectivity index (χ1v) is 10.3. The summed E-state index contributed by atoms with van der Waals surface area (Å²) in [6, 6.07) is 10.6. The third kappa shape index (κ3) is 5.11. The fourth-order valence-electron chi connectivity index (χ4n) is 3.18. The number of methoxy groups -OCH3 is 1. The predicted molar refractivity (Wildman–Crippen MR) is 120 cm³/mol. The van der Waals surface area contributed by atoms with Gasteiger partial charge in [-0.05, 0) is 42.3 Å². The molecule has 1 aliphatic heterocycles. The Balaban J connectivity index is 1.85. The zero-order valence-corrected chi connectivity index (χ0v) is 18.4. The van der Waals surface area contributed by atoms with Gasteiger partial charge in [-0.2, -0.15) is 0 Å². The number of likely N-dealkylation sites (N-methyl/N-ethyl adjacent to an activating group) is 1. The van der Waals surface area contributed by atoms with Gasteiger partial charge in [-0.25, -0.2) is 0 Å². The van der Waals surface area contributed by atoms with E-state index in [1.807, 2.05) is 13.0 Å². The van der Waals surface area contributed by atoms with Crippen molar-refractivity contribution in [1.29, 1.82) is 0 Å². The van der Waals surface area contributed by atoms with Crippen LogP contribution in [0.4, 0.5) is 5.69 Å². The molecule has 8 heteroatoms. The van der Waals surface area contributed by atoms with Crippen molar-refractivity contribution < 1.29 is 23.8 Å². The Labute approximate surface area is 186 Å². The molecule has 31 heavy (non-hydrogen) atoms. The second-order valence-electron chi connectivity index (χ2n) is 6.85. The number of amides is 2. The molecule has 0 spiro atoms. The van der Waals surface area contributed by atoms with E-state index in [1.165, 1.54) is 25.1 Å². The van der Waals surface area contributed by atoms with Crippen LogP contribution in [0.25, 0.3) is 6.08 Å². The Morgan fingerprint density at radius 1 is 1.32 bits per heavy atom. The lowest BCUT2D eigenvalue weighted by atomic mass is 10.1. The number of benzene rings is 2. The lowest BCUT2D eigenvalue weighted by Crippen LogP contribution is -2.49. The van der Waals surface area contributed by atoms with E-state index < -0.39 is 6.10 Å². The minimum Gasteiger partial charge on any atom is -0.493 e. The second-order valence-corrected chi connectivity index (χ2v) is 7.26. The first kappa shape index (κ1) is 22.5. The lowest BCUT2D eigenvalue weighted by Gasteiger charge is -2.33. The number of nitrogens with zero attached hydrogens (tertiary/aromatic N) is 1. The number of para-hydroxylation sites is 2. The van der Waals surface area contributed by atoms with Gasteiger partial charge in [-0.3, -0.25) is 9.59 Å². The fraction of sp³-hybridized carbons (Fsp3) is 0.304. The van der Waals surface area contributed by atoms with Crippen molar-refractivity contribution in [2.45, 2.75) is 19.4 Å². The molecule has 1 unspecified atom stereocenters. The van der Waals surface area contributed by atoms with Crippen LogP contribution >= 0.6 is 11.6 Å². The molecule has 2 aromatic carbocycles. The molecule has 0 bridgehead atoms. The largest absolute Gasteiger partial charge is 0.493 e. The zero-order chi connectivity index (χ0) is 22.4. The molecule has 0 saturated carbocycles. The summed E-state index contributed by atoms with van der Waals surface area (Å²) in [6.07, 6.45) is 3.13. The summed E-state index contributed by atoms with van der Waals surface area (Å²) in [7, 11) is 3.07. The molecule has 0 fully saturated rings. The van der Waals surface area contributed by atoms with Gasteiger partial charge >= 0.3 is 0 Å². The topological polar surface area (TPSA) is 77.1 Å². The van der Waals surface area contributed by atoms with Crippen molar-refractivity contribution >= 4 is 35.2 Å². The van der Waals surface area contributed by atoms with Gasteiger partial charge in [0.1, 0.15) is 5.75 Å². The van der Waals surface area contributed by atoms with E-state index in [0.29, 0.717) is 40.1 Å². The highest BCUT2D eigenvalue weighted by Gasteiger charge is 2.32. The minimum atomic E-state index is -0.790. The molecule has 164 valence electrons. The molecule has 0 aromatic heterocycles. The maximum Gasteiger partial charge on any atom is 0.262 e. The average Bonchev–Trinajstić information content (AvgIpc) is 2.80. The summed E-state index contributed by atoms with van der Waals surface area (Å²) in [6.45, 7) is 2.63. The maximum absolute atomic E-state index is 13.0. The first-order valence-electron chi connectivity index (χ1n) is 9.95. The molecule has 1 aliphatic rings. The molecule has 2 amide bonds. The number of hydrogen-bond acceptors (Lipinski definition) is 5. The van der Waals surface area contributed by atoms with E-state index in [-0.39, 0.29) is 18.4 Å². The lowest BCUT2D eigenvalue weighted by molar-refractivity contribution is -0.127. The van der Waals surface area contributed by atoms with Crippen LogP contribution in [0.3, 0.4) is 0 Å². The van der Waals surface area contributed by atoms with E-state index in [0.717, 1.165) is 6.42 Å². The van der Waals surface area contributed by atoms with Crippen LogP contribution < -0.4 is 24.4 Å². The predicted octanol–water partition coefficient (Wildman–Crippen LogP) is 3.69. The summed E-state index contributed by atoms with van der Waals surface area (Å²) in [5, 5.41) is 2.96. The number of rotatable bonds is 7. The number of nitrogens with one attached hydrogen (secondary N) is 1. The van der Waals surface area contributed by atoms with Crippen molar-refractivity contribution in [2.24, 2.45) is 0 Å². The molecule has 0 aliphatic carbocycles. The van der Waals surface area contributed by atoms with E-state index >= 15 is 0 Å². The highest BCUT2D eigenvalue weighted by Crippen LogP contribution is 2.37. The van der Waals surface area contributed by atoms with Crippen molar-refractivity contribution in [2.75, 3.05) is 32.2 Å². The van der Waals surface area contributed by atoms with Crippen LogP contribution in [-0.2, 0) is 9.59 Å². The number of hydrogen-bond donors (Lipinski definition) is 1. The Morgan fingerprint density at radius 3 is 2.81 bits per heavy atom. The molecule has 1 N–H and O–H groups in total. The van der Waals surface area contributed by atoms with Crippen LogP contribution in [0.2, 0.25) is 5.02 Å². The van der Waals surface area contributed by atoms with Gasteiger partial charge in [-0.1, -0.05) is 30.7 Å². The highest BCUT2D eigenvalue weighted by atomic mass is 35.5. The Morgan fingerprint density at radius 2 is 2.10 bits per heavy atom. The van der Waals surface area contributed by atoms with Gasteiger partial charge in [0, 0.05) is 13.1 Å². The fourth-order valence-corrected chi connectivity index (χ4v) is 3.45. The smallest absolute Gasteiger partial charge is 0.262 e. The number of ether oxygens (including phenoxy) is 3. The van der Waals surface area contributed by atoms with Crippen LogP contribution in [0, 0.1) is 0 Å². The minimum absolute atomic E-state index is 0.105. The van der Waals surface area contributed by atoms with E-state index in [4.69, 9.17) is 25.8 Å². The van der Waals surface area contributed by atoms with Crippen LogP contribution in [-0.4, -0.2) is 45.2 Å². The van der Waals surface area contributed by atoms with Gasteiger partial charge in [0.2, 0.25) is 0 Å². The molecule has 3 rings (SSSR count). The molecule has 7 nitrogen and oxygen atoms in total. The van der Waals surface area contributed by atoms with Gasteiger partial charge in [-0.15, -0.1) is 0 Å². The molecule has 2 aromatic rings. The summed E-state index contributed by atoms with van der Waals surface area (Å²) < 4.78 is 16.8. The van der Waals surface area contributed by atoms with Crippen molar-refractivity contribution in [3.05, 3.63) is 53.1 Å². The molecule has 1 atom stereocenters. The Bertz CT molecular complexity index is 992. The number of halogens is 1. The molecule has 0 saturated heterocycles. The number of anilines is 1. The van der Waals surface area contributed by atoms with Gasteiger partial charge in [0.15, 0.2) is 17.6 Å². The van der Waals surface area contributed by atoms with E-state index in [1.54, 1.807) is 36.4 Å². The third-order valence-corrected chi connectivity index (χ3v) is 4.98. The van der Waals surface area contributed by atoms with Gasteiger partial charge < -0.3 is 24.4 Å². The van der Waals surface area contributed by atoms with Gasteiger partial charge in [0.05, 0.1) is 31.0 Å². The van der Waals surface area contributed by atoms with Crippen LogP contribution in [0.15, 0.2) is 42.5 Å². The highest BCUT2D eigenvalue weighted by molar-refractivity contribution is 6.32. The van der Waals surface area contributed by atoms with Gasteiger partial charge in [0.25, 0.3) is 11.8 Å². The summed E-state index contributed by atoms with van der Waals surface area (Å²) in [5.41, 5.74) is 1.29. The zero-order valence-electron chi connectivity index (χ0n) is 17.7. The molecule has 0 radical (unpaired) electrons. The normalized spacial score (nSPS) is 15.2.